The number of rotatable bonds is 4. The van der Waals surface area contributed by atoms with Crippen molar-refractivity contribution in [1.29, 1.82) is 10.5 Å². The van der Waals surface area contributed by atoms with E-state index in [0.29, 0.717) is 19.4 Å². The fourth-order valence-electron chi connectivity index (χ4n) is 3.93. The molecule has 1 saturated heterocycles. The molecule has 1 aliphatic carbocycles. The first kappa shape index (κ1) is 16.5. The SMILES string of the molecule is N#CCC1(n2cc(-c3cc4c(N5CCC(C#N)C5=O)ccnn4c3)cn2)CC1. The van der Waals surface area contributed by atoms with Gasteiger partial charge >= 0.3 is 0 Å². The summed E-state index contributed by atoms with van der Waals surface area (Å²) < 4.78 is 3.65. The summed E-state index contributed by atoms with van der Waals surface area (Å²) in [5.41, 5.74) is 3.32. The van der Waals surface area contributed by atoms with Crippen LogP contribution >= 0.6 is 0 Å². The van der Waals surface area contributed by atoms with Crippen molar-refractivity contribution in [3.8, 4) is 23.3 Å². The van der Waals surface area contributed by atoms with E-state index in [2.05, 4.69) is 22.3 Å². The predicted molar refractivity (Wildman–Crippen MR) is 99.9 cm³/mol. The van der Waals surface area contributed by atoms with Gasteiger partial charge in [0, 0.05) is 36.3 Å². The second-order valence-electron chi connectivity index (χ2n) is 7.47. The molecule has 3 aromatic heterocycles. The van der Waals surface area contributed by atoms with Gasteiger partial charge < -0.3 is 4.90 Å². The van der Waals surface area contributed by atoms with Gasteiger partial charge in [0.05, 0.1) is 41.5 Å². The molecular weight excluding hydrogens is 354 g/mol. The highest BCUT2D eigenvalue weighted by molar-refractivity contribution is 6.02. The van der Waals surface area contributed by atoms with Crippen molar-refractivity contribution < 1.29 is 4.79 Å². The van der Waals surface area contributed by atoms with E-state index in [1.807, 2.05) is 29.2 Å². The summed E-state index contributed by atoms with van der Waals surface area (Å²) in [5.74, 6) is -0.728. The minimum atomic E-state index is -0.573. The Kier molecular flexibility index (Phi) is 3.50. The van der Waals surface area contributed by atoms with Crippen LogP contribution in [0.4, 0.5) is 5.69 Å². The average molecular weight is 371 g/mol. The molecule has 5 rings (SSSR count). The van der Waals surface area contributed by atoms with Crippen molar-refractivity contribution in [2.24, 2.45) is 5.92 Å². The molecule has 1 unspecified atom stereocenters. The van der Waals surface area contributed by atoms with Crippen LogP contribution in [0.15, 0.2) is 36.9 Å². The number of aromatic nitrogens is 4. The number of carbonyl (C=O) groups excluding carboxylic acids is 1. The Hall–Kier alpha value is -3.65. The van der Waals surface area contributed by atoms with Gasteiger partial charge in [0.1, 0.15) is 5.92 Å². The summed E-state index contributed by atoms with van der Waals surface area (Å²) >= 11 is 0. The maximum atomic E-state index is 12.5. The van der Waals surface area contributed by atoms with Crippen LogP contribution in [-0.2, 0) is 10.3 Å². The van der Waals surface area contributed by atoms with E-state index >= 15 is 0 Å². The molecule has 8 nitrogen and oxygen atoms in total. The predicted octanol–water partition coefficient (Wildman–Crippen LogP) is 2.48. The molecule has 0 aromatic carbocycles. The summed E-state index contributed by atoms with van der Waals surface area (Å²) in [6.07, 6.45) is 10.3. The Morgan fingerprint density at radius 2 is 2.07 bits per heavy atom. The van der Waals surface area contributed by atoms with Gasteiger partial charge in [0.2, 0.25) is 5.91 Å². The lowest BCUT2D eigenvalue weighted by molar-refractivity contribution is -0.118. The monoisotopic (exact) mass is 371 g/mol. The Labute approximate surface area is 161 Å². The third-order valence-electron chi connectivity index (χ3n) is 5.78. The van der Waals surface area contributed by atoms with Crippen LogP contribution in [-0.4, -0.2) is 31.8 Å². The van der Waals surface area contributed by atoms with Gasteiger partial charge in [-0.25, -0.2) is 4.52 Å². The molecular formula is C20H17N7O. The molecule has 3 aromatic rings. The number of carbonyl (C=O) groups is 1. The second-order valence-corrected chi connectivity index (χ2v) is 7.47. The minimum absolute atomic E-state index is 0.149. The molecule has 0 spiro atoms. The van der Waals surface area contributed by atoms with Crippen LogP contribution in [0, 0.1) is 28.6 Å². The zero-order chi connectivity index (χ0) is 19.3. The topological polar surface area (TPSA) is 103 Å². The lowest BCUT2D eigenvalue weighted by atomic mass is 10.1. The van der Waals surface area contributed by atoms with Gasteiger partial charge in [0.25, 0.3) is 0 Å². The van der Waals surface area contributed by atoms with Crippen molar-refractivity contribution in [2.45, 2.75) is 31.2 Å². The first-order valence-electron chi connectivity index (χ1n) is 9.26. The van der Waals surface area contributed by atoms with Crippen molar-refractivity contribution in [3.63, 3.8) is 0 Å². The number of hydrogen-bond acceptors (Lipinski definition) is 5. The fraction of sp³-hybridized carbons (Fsp3) is 0.350. The van der Waals surface area contributed by atoms with Gasteiger partial charge in [-0.3, -0.25) is 9.48 Å². The first-order chi connectivity index (χ1) is 13.6. The van der Waals surface area contributed by atoms with Crippen molar-refractivity contribution >= 4 is 17.1 Å². The molecule has 0 radical (unpaired) electrons. The lowest BCUT2D eigenvalue weighted by Crippen LogP contribution is -2.27. The number of fused-ring (bicyclic) bond motifs is 1. The van der Waals surface area contributed by atoms with E-state index in [0.717, 1.165) is 35.2 Å². The average Bonchev–Trinajstić information content (AvgIpc) is 3.07. The van der Waals surface area contributed by atoms with Gasteiger partial charge in [-0.05, 0) is 31.4 Å². The summed E-state index contributed by atoms with van der Waals surface area (Å²) in [5, 5.41) is 27.0. The maximum Gasteiger partial charge on any atom is 0.244 e. The molecule has 1 amide bonds. The van der Waals surface area contributed by atoms with Crippen LogP contribution in [0.25, 0.3) is 16.6 Å². The molecule has 1 atom stereocenters. The van der Waals surface area contributed by atoms with Gasteiger partial charge in [-0.1, -0.05) is 0 Å². The summed E-state index contributed by atoms with van der Waals surface area (Å²) in [4.78, 5) is 14.1. The molecule has 4 heterocycles. The van der Waals surface area contributed by atoms with Crippen LogP contribution in [0.5, 0.6) is 0 Å². The molecule has 138 valence electrons. The fourth-order valence-corrected chi connectivity index (χ4v) is 3.93. The third kappa shape index (κ3) is 2.39. The van der Waals surface area contributed by atoms with Crippen LogP contribution in [0.1, 0.15) is 25.7 Å². The van der Waals surface area contributed by atoms with Crippen molar-refractivity contribution in [1.82, 2.24) is 19.4 Å². The Morgan fingerprint density at radius 1 is 1.21 bits per heavy atom. The second kappa shape index (κ2) is 5.93. The Morgan fingerprint density at radius 3 is 2.79 bits per heavy atom. The quantitative estimate of drug-likeness (QED) is 0.701. The van der Waals surface area contributed by atoms with Gasteiger partial charge in [-0.2, -0.15) is 20.7 Å². The highest BCUT2D eigenvalue weighted by Gasteiger charge is 2.45. The number of anilines is 1. The van der Waals surface area contributed by atoms with Gasteiger partial charge in [-0.15, -0.1) is 0 Å². The van der Waals surface area contributed by atoms with E-state index < -0.39 is 5.92 Å². The highest BCUT2D eigenvalue weighted by Crippen LogP contribution is 2.46. The Balaban J connectivity index is 1.52. The molecule has 0 bridgehead atoms. The highest BCUT2D eigenvalue weighted by atomic mass is 16.2. The van der Waals surface area contributed by atoms with Crippen LogP contribution in [0.2, 0.25) is 0 Å². The van der Waals surface area contributed by atoms with E-state index in [9.17, 15) is 4.79 Å². The lowest BCUT2D eigenvalue weighted by Gasteiger charge is -2.16. The number of nitriles is 2. The summed E-state index contributed by atoms with van der Waals surface area (Å²) in [7, 11) is 0. The molecule has 1 aliphatic heterocycles. The zero-order valence-electron chi connectivity index (χ0n) is 15.1. The minimum Gasteiger partial charge on any atom is -0.309 e. The van der Waals surface area contributed by atoms with Crippen molar-refractivity contribution in [2.75, 3.05) is 11.4 Å². The molecule has 8 heteroatoms. The standard InChI is InChI=1S/C20H17N7O/c21-6-5-20(3-4-20)27-13-16(11-24-27)15-9-18-17(1-7-23-26(18)12-15)25-8-2-14(10-22)19(25)28/h1,7,9,11-14H,2-5,8H2. The van der Waals surface area contributed by atoms with E-state index in [1.165, 1.54) is 0 Å². The maximum absolute atomic E-state index is 12.5. The first-order valence-corrected chi connectivity index (χ1v) is 9.26. The summed E-state index contributed by atoms with van der Waals surface area (Å²) in [6.45, 7) is 0.534. The third-order valence-corrected chi connectivity index (χ3v) is 5.78. The van der Waals surface area contributed by atoms with Crippen LogP contribution in [0.3, 0.4) is 0 Å². The van der Waals surface area contributed by atoms with Crippen LogP contribution < -0.4 is 4.90 Å². The number of hydrogen-bond donors (Lipinski definition) is 0. The normalized spacial score (nSPS) is 20.3. The smallest absolute Gasteiger partial charge is 0.244 e. The summed E-state index contributed by atoms with van der Waals surface area (Å²) in [6, 6.07) is 8.13. The van der Waals surface area contributed by atoms with E-state index in [4.69, 9.17) is 10.5 Å². The number of amides is 1. The van der Waals surface area contributed by atoms with Crippen molar-refractivity contribution in [3.05, 3.63) is 36.9 Å². The molecule has 0 N–H and O–H groups in total. The van der Waals surface area contributed by atoms with E-state index in [1.54, 1.807) is 21.8 Å². The van der Waals surface area contributed by atoms with Gasteiger partial charge in [0.15, 0.2) is 0 Å². The molecule has 2 aliphatic rings. The van der Waals surface area contributed by atoms with E-state index in [-0.39, 0.29) is 11.4 Å². The number of nitrogens with zero attached hydrogens (tertiary/aromatic N) is 7. The molecule has 1 saturated carbocycles. The Bertz CT molecular complexity index is 1170. The largest absolute Gasteiger partial charge is 0.309 e. The molecule has 2 fully saturated rings. The molecule has 28 heavy (non-hydrogen) atoms. The zero-order valence-corrected chi connectivity index (χ0v) is 15.1.